The van der Waals surface area contributed by atoms with Gasteiger partial charge >= 0.3 is 0 Å². The standard InChI is InChI=1S/C36H38N8O3/c1-42-33-26(14-23(16-29(33)47-2)36(46)44-18-22-5-10-27(44)32(22)37)40-35(42)28-15-21-6-11-30(41-34(21)43(28)17-19-3-4-19)38-24-8-9-25-20(13-24)7-12-31(45)39-25/h6,8-9,11,13-16,19,22,27,32H,3-5,7,10,12,17-18,37H2,1-2H3,(H,38,41)(H,39,45)/t22?,27?,32-/m1/s1. The van der Waals surface area contributed by atoms with Gasteiger partial charge in [0.1, 0.15) is 22.7 Å². The number of nitrogens with zero attached hydrogens (tertiary/aromatic N) is 5. The van der Waals surface area contributed by atoms with Crippen molar-refractivity contribution in [1.29, 1.82) is 0 Å². The molecule has 11 heteroatoms. The SMILES string of the molecule is COc1cc(C(=O)N2CC3CCC2[C@@H]3N)cc2nc(-c3cc4ccc(Nc5ccc6c(c5)CCC(=O)N6)nc4n3CC3CC3)n(C)c12. The van der Waals surface area contributed by atoms with Crippen molar-refractivity contribution in [3.63, 3.8) is 0 Å². The number of hydrogen-bond donors (Lipinski definition) is 3. The van der Waals surface area contributed by atoms with Gasteiger partial charge in [-0.2, -0.15) is 0 Å². The van der Waals surface area contributed by atoms with Crippen LogP contribution in [0.5, 0.6) is 5.75 Å². The van der Waals surface area contributed by atoms with E-state index in [0.717, 1.165) is 82.1 Å². The Morgan fingerprint density at radius 1 is 1.06 bits per heavy atom. The third kappa shape index (κ3) is 4.66. The highest BCUT2D eigenvalue weighted by molar-refractivity contribution is 6.00. The second kappa shape index (κ2) is 10.6. The van der Waals surface area contributed by atoms with E-state index in [4.69, 9.17) is 20.4 Å². The number of rotatable bonds is 7. The van der Waals surface area contributed by atoms with Crippen LogP contribution in [0.2, 0.25) is 0 Å². The van der Waals surface area contributed by atoms with Gasteiger partial charge in [0.25, 0.3) is 5.91 Å². The smallest absolute Gasteiger partial charge is 0.254 e. The summed E-state index contributed by atoms with van der Waals surface area (Å²) in [6.07, 6.45) is 5.69. The third-order valence-electron chi connectivity index (χ3n) is 10.7. The summed E-state index contributed by atoms with van der Waals surface area (Å²) in [6.45, 7) is 1.57. The molecule has 2 aliphatic carbocycles. The summed E-state index contributed by atoms with van der Waals surface area (Å²) < 4.78 is 10.2. The average molecular weight is 631 g/mol. The van der Waals surface area contributed by atoms with Crippen LogP contribution >= 0.6 is 0 Å². The minimum atomic E-state index is -0.00388. The molecule has 5 aromatic rings. The topological polar surface area (TPSA) is 132 Å². The second-order valence-electron chi connectivity index (χ2n) is 13.7. The number of nitrogens with two attached hydrogens (primary N) is 1. The molecule has 2 unspecified atom stereocenters. The number of pyridine rings is 1. The van der Waals surface area contributed by atoms with Crippen molar-refractivity contribution in [3.05, 3.63) is 59.7 Å². The molecule has 4 aliphatic rings. The van der Waals surface area contributed by atoms with E-state index >= 15 is 0 Å². The normalized spacial score (nSPS) is 21.8. The van der Waals surface area contributed by atoms with Crippen LogP contribution in [0.25, 0.3) is 33.6 Å². The van der Waals surface area contributed by atoms with Gasteiger partial charge in [0.15, 0.2) is 5.82 Å². The number of hydrogen-bond acceptors (Lipinski definition) is 7. The van der Waals surface area contributed by atoms with Gasteiger partial charge in [-0.25, -0.2) is 9.97 Å². The highest BCUT2D eigenvalue weighted by atomic mass is 16.5. The van der Waals surface area contributed by atoms with E-state index in [1.807, 2.05) is 42.3 Å². The number of anilines is 3. The molecule has 9 rings (SSSR count). The minimum absolute atomic E-state index is 0.00388. The van der Waals surface area contributed by atoms with Crippen molar-refractivity contribution in [1.82, 2.24) is 24.0 Å². The number of benzene rings is 2. The Hall–Kier alpha value is -4.90. The fourth-order valence-corrected chi connectivity index (χ4v) is 8.00. The predicted molar refractivity (Wildman–Crippen MR) is 181 cm³/mol. The van der Waals surface area contributed by atoms with Crippen molar-refractivity contribution < 1.29 is 14.3 Å². The van der Waals surface area contributed by atoms with Crippen molar-refractivity contribution in [2.45, 2.75) is 57.2 Å². The zero-order chi connectivity index (χ0) is 32.0. The van der Waals surface area contributed by atoms with Crippen LogP contribution in [-0.4, -0.2) is 61.6 Å². The van der Waals surface area contributed by atoms with Crippen molar-refractivity contribution in [3.8, 4) is 17.3 Å². The van der Waals surface area contributed by atoms with Crippen LogP contribution in [0.4, 0.5) is 17.2 Å². The van der Waals surface area contributed by atoms with Gasteiger partial charge in [0.2, 0.25) is 5.91 Å². The number of carbonyl (C=O) groups excluding carboxylic acids is 2. The van der Waals surface area contributed by atoms with Crippen molar-refractivity contribution in [2.75, 3.05) is 24.3 Å². The molecule has 0 spiro atoms. The van der Waals surface area contributed by atoms with Crippen molar-refractivity contribution in [2.24, 2.45) is 24.6 Å². The lowest BCUT2D eigenvalue weighted by Gasteiger charge is -2.27. The lowest BCUT2D eigenvalue weighted by molar-refractivity contribution is -0.116. The Bertz CT molecular complexity index is 2110. The maximum atomic E-state index is 13.7. The van der Waals surface area contributed by atoms with Gasteiger partial charge in [-0.05, 0) is 98.0 Å². The van der Waals surface area contributed by atoms with Gasteiger partial charge in [0, 0.05) is 61.0 Å². The molecular formula is C36H38N8O3. The van der Waals surface area contributed by atoms with Gasteiger partial charge in [-0.15, -0.1) is 0 Å². The Balaban J connectivity index is 1.09. The monoisotopic (exact) mass is 630 g/mol. The molecule has 3 aromatic heterocycles. The molecule has 4 N–H and O–H groups in total. The molecule has 240 valence electrons. The molecule has 2 amide bonds. The molecule has 3 fully saturated rings. The number of aromatic nitrogens is 4. The first-order valence-electron chi connectivity index (χ1n) is 16.7. The van der Waals surface area contributed by atoms with Gasteiger partial charge in [-0.1, -0.05) is 0 Å². The first kappa shape index (κ1) is 28.3. The van der Waals surface area contributed by atoms with E-state index in [0.29, 0.717) is 36.1 Å². The Labute approximate surface area is 272 Å². The first-order chi connectivity index (χ1) is 22.8. The fraction of sp³-hybridized carbons (Fsp3) is 0.389. The quantitative estimate of drug-likeness (QED) is 0.225. The van der Waals surface area contributed by atoms with Crippen LogP contribution in [0.3, 0.4) is 0 Å². The number of aryl methyl sites for hydroxylation is 2. The lowest BCUT2D eigenvalue weighted by Crippen LogP contribution is -2.41. The number of fused-ring (bicyclic) bond motifs is 5. The summed E-state index contributed by atoms with van der Waals surface area (Å²) in [6, 6.07) is 16.2. The minimum Gasteiger partial charge on any atom is -0.494 e. The largest absolute Gasteiger partial charge is 0.494 e. The summed E-state index contributed by atoms with van der Waals surface area (Å²) >= 11 is 0. The number of likely N-dealkylation sites (tertiary alicyclic amines) is 1. The summed E-state index contributed by atoms with van der Waals surface area (Å²) in [7, 11) is 3.65. The van der Waals surface area contributed by atoms with E-state index in [1.165, 1.54) is 12.8 Å². The molecule has 2 aliphatic heterocycles. The summed E-state index contributed by atoms with van der Waals surface area (Å²) in [5.74, 6) is 3.23. The Kier molecular flexibility index (Phi) is 6.37. The predicted octanol–water partition coefficient (Wildman–Crippen LogP) is 5.20. The average Bonchev–Trinajstić information content (AvgIpc) is 3.48. The third-order valence-corrected chi connectivity index (χ3v) is 10.7. The summed E-state index contributed by atoms with van der Waals surface area (Å²) in [5.41, 5.74) is 13.4. The fourth-order valence-electron chi connectivity index (χ4n) is 8.00. The highest BCUT2D eigenvalue weighted by Crippen LogP contribution is 2.40. The van der Waals surface area contributed by atoms with Gasteiger partial charge in [0.05, 0.1) is 18.3 Å². The van der Waals surface area contributed by atoms with Gasteiger partial charge in [-0.3, -0.25) is 9.59 Å². The maximum absolute atomic E-state index is 13.7. The van der Waals surface area contributed by atoms with E-state index in [2.05, 4.69) is 38.0 Å². The van der Waals surface area contributed by atoms with Gasteiger partial charge < -0.3 is 35.1 Å². The number of amides is 2. The Morgan fingerprint density at radius 3 is 2.70 bits per heavy atom. The van der Waals surface area contributed by atoms with E-state index in [-0.39, 0.29) is 23.9 Å². The second-order valence-corrected chi connectivity index (χ2v) is 13.7. The number of nitrogens with one attached hydrogen (secondary N) is 2. The number of carbonyl (C=O) groups is 2. The van der Waals surface area contributed by atoms with Crippen LogP contribution in [0, 0.1) is 11.8 Å². The molecule has 2 aromatic carbocycles. The molecule has 2 saturated carbocycles. The number of imidazole rings is 1. The lowest BCUT2D eigenvalue weighted by atomic mass is 10.0. The highest BCUT2D eigenvalue weighted by Gasteiger charge is 2.47. The first-order valence-corrected chi connectivity index (χ1v) is 16.7. The van der Waals surface area contributed by atoms with E-state index in [9.17, 15) is 9.59 Å². The van der Waals surface area contributed by atoms with Crippen molar-refractivity contribution >= 4 is 51.1 Å². The molecule has 11 nitrogen and oxygen atoms in total. The van der Waals surface area contributed by atoms with Crippen LogP contribution in [0.1, 0.15) is 48.0 Å². The van der Waals surface area contributed by atoms with E-state index in [1.54, 1.807) is 7.11 Å². The molecule has 5 heterocycles. The van der Waals surface area contributed by atoms with E-state index < -0.39 is 0 Å². The Morgan fingerprint density at radius 2 is 1.94 bits per heavy atom. The molecule has 47 heavy (non-hydrogen) atoms. The molecular weight excluding hydrogens is 592 g/mol. The number of methoxy groups -OCH3 is 1. The summed E-state index contributed by atoms with van der Waals surface area (Å²) in [5, 5.41) is 7.47. The zero-order valence-electron chi connectivity index (χ0n) is 26.6. The molecule has 3 atom stereocenters. The van der Waals surface area contributed by atoms with Crippen LogP contribution < -0.4 is 21.1 Å². The molecule has 1 saturated heterocycles. The maximum Gasteiger partial charge on any atom is 0.254 e. The number of piperidine rings is 1. The molecule has 0 radical (unpaired) electrons. The van der Waals surface area contributed by atoms with Crippen LogP contribution in [-0.2, 0) is 24.8 Å². The summed E-state index contributed by atoms with van der Waals surface area (Å²) in [4.78, 5) is 37.7. The number of ether oxygens (including phenoxy) is 1. The van der Waals surface area contributed by atoms with Crippen LogP contribution in [0.15, 0.2) is 48.5 Å². The zero-order valence-corrected chi connectivity index (χ0v) is 26.6. The molecule has 2 bridgehead atoms.